The number of aromatic nitrogens is 2. The van der Waals surface area contributed by atoms with Gasteiger partial charge in [0.25, 0.3) is 5.56 Å². The molecule has 14 heavy (non-hydrogen) atoms. The van der Waals surface area contributed by atoms with Crippen LogP contribution < -0.4 is 5.56 Å². The highest BCUT2D eigenvalue weighted by Gasteiger charge is 2.09. The van der Waals surface area contributed by atoms with Gasteiger partial charge in [-0.25, -0.2) is 0 Å². The van der Waals surface area contributed by atoms with Gasteiger partial charge in [0.2, 0.25) is 0 Å². The summed E-state index contributed by atoms with van der Waals surface area (Å²) in [5.41, 5.74) is 3.66. The number of hydrogen-bond donors (Lipinski definition) is 2. The summed E-state index contributed by atoms with van der Waals surface area (Å²) in [6.07, 6.45) is 0. The minimum atomic E-state index is -0.0585. The van der Waals surface area contributed by atoms with Crippen molar-refractivity contribution in [2.45, 2.75) is 13.8 Å². The molecule has 0 amide bonds. The fourth-order valence-corrected chi connectivity index (χ4v) is 1.62. The number of hydrogen-bond acceptors (Lipinski definition) is 1. The molecule has 3 nitrogen and oxygen atoms in total. The molecular weight excluding hydrogens is 176 g/mol. The van der Waals surface area contributed by atoms with Gasteiger partial charge >= 0.3 is 0 Å². The van der Waals surface area contributed by atoms with Gasteiger partial charge in [-0.1, -0.05) is 24.3 Å². The Balaban J connectivity index is 2.72. The summed E-state index contributed by atoms with van der Waals surface area (Å²) in [6.45, 7) is 3.89. The predicted molar refractivity (Wildman–Crippen MR) is 56.3 cm³/mol. The van der Waals surface area contributed by atoms with Gasteiger partial charge in [-0.05, 0) is 25.0 Å². The molecule has 1 aromatic heterocycles. The molecule has 0 aliphatic carbocycles. The van der Waals surface area contributed by atoms with E-state index in [-0.39, 0.29) is 5.56 Å². The molecule has 2 N–H and O–H groups in total. The van der Waals surface area contributed by atoms with Crippen molar-refractivity contribution in [3.05, 3.63) is 45.9 Å². The Kier molecular flexibility index (Phi) is 2.00. The van der Waals surface area contributed by atoms with Crippen molar-refractivity contribution in [2.75, 3.05) is 0 Å². The van der Waals surface area contributed by atoms with Crippen molar-refractivity contribution >= 4 is 0 Å². The van der Waals surface area contributed by atoms with E-state index in [1.54, 1.807) is 0 Å². The normalized spacial score (nSPS) is 10.4. The zero-order valence-electron chi connectivity index (χ0n) is 8.22. The van der Waals surface area contributed by atoms with E-state index >= 15 is 0 Å². The molecule has 2 rings (SSSR count). The second kappa shape index (κ2) is 3.18. The van der Waals surface area contributed by atoms with Crippen LogP contribution in [0.1, 0.15) is 11.3 Å². The lowest BCUT2D eigenvalue weighted by Gasteiger charge is -2.02. The molecule has 1 aromatic carbocycles. The quantitative estimate of drug-likeness (QED) is 0.706. The Bertz CT molecular complexity index is 508. The summed E-state index contributed by atoms with van der Waals surface area (Å²) in [4.78, 5) is 11.5. The van der Waals surface area contributed by atoms with Gasteiger partial charge in [-0.15, -0.1) is 0 Å². The summed E-state index contributed by atoms with van der Waals surface area (Å²) in [7, 11) is 0. The van der Waals surface area contributed by atoms with E-state index < -0.39 is 0 Å². The van der Waals surface area contributed by atoms with Crippen LogP contribution in [0.5, 0.6) is 0 Å². The number of rotatable bonds is 1. The molecule has 0 spiro atoms. The molecule has 0 atom stereocenters. The summed E-state index contributed by atoms with van der Waals surface area (Å²) in [5.74, 6) is 0. The van der Waals surface area contributed by atoms with E-state index in [4.69, 9.17) is 0 Å². The maximum atomic E-state index is 11.5. The molecule has 0 bridgehead atoms. The first-order valence-electron chi connectivity index (χ1n) is 4.53. The Labute approximate surface area is 81.8 Å². The molecule has 0 aliphatic rings. The number of aryl methyl sites for hydroxylation is 2. The highest BCUT2D eigenvalue weighted by atomic mass is 16.1. The van der Waals surface area contributed by atoms with Crippen LogP contribution in [0.2, 0.25) is 0 Å². The third-order valence-corrected chi connectivity index (χ3v) is 2.38. The van der Waals surface area contributed by atoms with Crippen molar-refractivity contribution in [3.8, 4) is 11.1 Å². The Morgan fingerprint density at radius 2 is 1.79 bits per heavy atom. The van der Waals surface area contributed by atoms with E-state index in [0.717, 1.165) is 22.4 Å². The summed E-state index contributed by atoms with van der Waals surface area (Å²) < 4.78 is 0. The van der Waals surface area contributed by atoms with E-state index in [2.05, 4.69) is 10.2 Å². The molecule has 0 unspecified atom stereocenters. The third-order valence-electron chi connectivity index (χ3n) is 2.38. The summed E-state index contributed by atoms with van der Waals surface area (Å²) in [5, 5.41) is 5.41. The molecule has 0 fully saturated rings. The average Bonchev–Trinajstić information content (AvgIpc) is 2.48. The minimum absolute atomic E-state index is 0.0585. The highest BCUT2D eigenvalue weighted by molar-refractivity contribution is 5.68. The maximum absolute atomic E-state index is 11.5. The van der Waals surface area contributed by atoms with E-state index in [1.165, 1.54) is 0 Å². The van der Waals surface area contributed by atoms with Gasteiger partial charge in [-0.3, -0.25) is 9.89 Å². The largest absolute Gasteiger partial charge is 0.302 e. The molecule has 0 saturated carbocycles. The molecule has 72 valence electrons. The maximum Gasteiger partial charge on any atom is 0.272 e. The second-order valence-electron chi connectivity index (χ2n) is 3.39. The second-order valence-corrected chi connectivity index (χ2v) is 3.39. The van der Waals surface area contributed by atoms with Gasteiger partial charge < -0.3 is 5.10 Å². The molecule has 3 heteroatoms. The van der Waals surface area contributed by atoms with Crippen LogP contribution in [-0.2, 0) is 0 Å². The summed E-state index contributed by atoms with van der Waals surface area (Å²) >= 11 is 0. The first kappa shape index (κ1) is 8.81. The average molecular weight is 188 g/mol. The third kappa shape index (κ3) is 1.27. The van der Waals surface area contributed by atoms with Crippen LogP contribution in [0, 0.1) is 13.8 Å². The monoisotopic (exact) mass is 188 g/mol. The molecule has 0 saturated heterocycles. The van der Waals surface area contributed by atoms with Crippen LogP contribution >= 0.6 is 0 Å². The first-order valence-corrected chi connectivity index (χ1v) is 4.53. The van der Waals surface area contributed by atoms with Gasteiger partial charge in [0.05, 0.1) is 5.56 Å². The number of benzene rings is 1. The molecule has 2 aromatic rings. The van der Waals surface area contributed by atoms with Crippen LogP contribution in [0.25, 0.3) is 11.1 Å². The molecule has 0 radical (unpaired) electrons. The van der Waals surface area contributed by atoms with Gasteiger partial charge in [0.15, 0.2) is 0 Å². The van der Waals surface area contributed by atoms with Crippen LogP contribution in [0.4, 0.5) is 0 Å². The molecular formula is C11H12N2O. The smallest absolute Gasteiger partial charge is 0.272 e. The Morgan fingerprint density at radius 1 is 1.07 bits per heavy atom. The van der Waals surface area contributed by atoms with E-state index in [9.17, 15) is 4.79 Å². The van der Waals surface area contributed by atoms with Gasteiger partial charge in [0, 0.05) is 5.69 Å². The van der Waals surface area contributed by atoms with Crippen molar-refractivity contribution in [3.63, 3.8) is 0 Å². The predicted octanol–water partition coefficient (Wildman–Crippen LogP) is 1.99. The van der Waals surface area contributed by atoms with Crippen molar-refractivity contribution in [1.82, 2.24) is 10.2 Å². The van der Waals surface area contributed by atoms with Gasteiger partial charge in [0.1, 0.15) is 0 Å². The van der Waals surface area contributed by atoms with Crippen molar-refractivity contribution in [2.24, 2.45) is 0 Å². The number of nitrogens with one attached hydrogen (secondary N) is 2. The lowest BCUT2D eigenvalue weighted by molar-refractivity contribution is 1.02. The van der Waals surface area contributed by atoms with E-state index in [0.29, 0.717) is 0 Å². The van der Waals surface area contributed by atoms with E-state index in [1.807, 2.05) is 38.1 Å². The zero-order chi connectivity index (χ0) is 10.1. The number of H-pyrrole nitrogens is 2. The van der Waals surface area contributed by atoms with Gasteiger partial charge in [-0.2, -0.15) is 0 Å². The minimum Gasteiger partial charge on any atom is -0.302 e. The number of aromatic amines is 2. The first-order chi connectivity index (χ1) is 6.70. The lowest BCUT2D eigenvalue weighted by atomic mass is 10.0. The zero-order valence-corrected chi connectivity index (χ0v) is 8.22. The fourth-order valence-electron chi connectivity index (χ4n) is 1.62. The SMILES string of the molecule is Cc1ccccc1-c1c(C)[nH][nH]c1=O. The van der Waals surface area contributed by atoms with Crippen LogP contribution in [0.3, 0.4) is 0 Å². The highest BCUT2D eigenvalue weighted by Crippen LogP contribution is 2.21. The van der Waals surface area contributed by atoms with Crippen LogP contribution in [0.15, 0.2) is 29.1 Å². The lowest BCUT2D eigenvalue weighted by Crippen LogP contribution is -2.02. The fraction of sp³-hybridized carbons (Fsp3) is 0.182. The Morgan fingerprint density at radius 3 is 2.36 bits per heavy atom. The Hall–Kier alpha value is -1.77. The van der Waals surface area contributed by atoms with Crippen LogP contribution in [-0.4, -0.2) is 10.2 Å². The topological polar surface area (TPSA) is 48.6 Å². The molecule has 0 aliphatic heterocycles. The molecule has 1 heterocycles. The van der Waals surface area contributed by atoms with Crippen molar-refractivity contribution < 1.29 is 0 Å². The summed E-state index contributed by atoms with van der Waals surface area (Å²) in [6, 6.07) is 7.87. The standard InChI is InChI=1S/C11H12N2O/c1-7-5-3-4-6-9(7)10-8(2)12-13-11(10)14/h3-6H,1-2H3,(H2,12,13,14). The van der Waals surface area contributed by atoms with Crippen molar-refractivity contribution in [1.29, 1.82) is 0 Å².